The minimum atomic E-state index is 0.661. The fraction of sp³-hybridized carbons (Fsp3) is 0.450. The van der Waals surface area contributed by atoms with E-state index in [1.807, 2.05) is 7.05 Å². The Morgan fingerprint density at radius 2 is 1.96 bits per heavy atom. The average Bonchev–Trinajstić information content (AvgIpc) is 3.22. The molecular formula is C20H24N6. The second kappa shape index (κ2) is 5.69. The summed E-state index contributed by atoms with van der Waals surface area (Å²) in [5, 5.41) is 16.5. The molecule has 0 saturated heterocycles. The Bertz CT molecular complexity index is 978. The van der Waals surface area contributed by atoms with Crippen molar-refractivity contribution in [2.24, 2.45) is 7.05 Å². The number of fused-ring (bicyclic) bond motifs is 1. The zero-order chi connectivity index (χ0) is 17.8. The molecule has 0 atom stereocenters. The van der Waals surface area contributed by atoms with Crippen LogP contribution in [-0.2, 0) is 20.0 Å². The fourth-order valence-corrected chi connectivity index (χ4v) is 4.16. The lowest BCUT2D eigenvalue weighted by atomic mass is 9.93. The molecule has 5 rings (SSSR count). The molecule has 1 aliphatic carbocycles. The monoisotopic (exact) mass is 348 g/mol. The first kappa shape index (κ1) is 15.6. The van der Waals surface area contributed by atoms with Crippen LogP contribution in [0.25, 0.3) is 11.5 Å². The summed E-state index contributed by atoms with van der Waals surface area (Å²) in [6.45, 7) is 6.24. The van der Waals surface area contributed by atoms with Crippen LogP contribution < -0.4 is 4.90 Å². The zero-order valence-electron chi connectivity index (χ0n) is 15.6. The summed E-state index contributed by atoms with van der Waals surface area (Å²) >= 11 is 0. The number of aromatic amines is 1. The summed E-state index contributed by atoms with van der Waals surface area (Å²) in [6, 6.07) is 6.72. The van der Waals surface area contributed by atoms with E-state index in [0.29, 0.717) is 5.92 Å². The highest BCUT2D eigenvalue weighted by Crippen LogP contribution is 2.40. The molecule has 1 aromatic carbocycles. The molecule has 2 aliphatic rings. The van der Waals surface area contributed by atoms with Gasteiger partial charge in [0.1, 0.15) is 5.69 Å². The molecule has 6 nitrogen and oxygen atoms in total. The van der Waals surface area contributed by atoms with Gasteiger partial charge < -0.3 is 4.90 Å². The number of hydrogen-bond donors (Lipinski definition) is 1. The number of benzene rings is 1. The average molecular weight is 348 g/mol. The van der Waals surface area contributed by atoms with Crippen LogP contribution in [0.15, 0.2) is 18.2 Å². The number of nitrogens with zero attached hydrogens (tertiary/aromatic N) is 5. The van der Waals surface area contributed by atoms with Crippen molar-refractivity contribution in [2.45, 2.75) is 45.6 Å². The maximum atomic E-state index is 4.49. The van der Waals surface area contributed by atoms with Crippen molar-refractivity contribution in [3.05, 3.63) is 46.1 Å². The van der Waals surface area contributed by atoms with E-state index in [1.165, 1.54) is 40.8 Å². The Labute approximate surface area is 153 Å². The predicted molar refractivity (Wildman–Crippen MR) is 101 cm³/mol. The van der Waals surface area contributed by atoms with Gasteiger partial charge in [-0.05, 0) is 55.9 Å². The van der Waals surface area contributed by atoms with Gasteiger partial charge in [0.2, 0.25) is 5.95 Å². The van der Waals surface area contributed by atoms with Gasteiger partial charge in [-0.3, -0.25) is 9.67 Å². The number of hydrogen-bond acceptors (Lipinski definition) is 4. The van der Waals surface area contributed by atoms with Crippen molar-refractivity contribution < 1.29 is 0 Å². The molecule has 1 saturated carbocycles. The Hall–Kier alpha value is -2.63. The number of rotatable bonds is 3. The Morgan fingerprint density at radius 1 is 1.12 bits per heavy atom. The highest BCUT2D eigenvalue weighted by molar-refractivity contribution is 5.54. The molecule has 134 valence electrons. The standard InChI is InChI=1S/C20H24N6/c1-12-8-13(2)16-6-7-26(11-15(16)9-12)20-24-23-19(25(20)3)18-10-17(21-22-18)14-4-5-14/h8-10,14H,4-7,11H2,1-3H3,(H,21,22). The van der Waals surface area contributed by atoms with Crippen molar-refractivity contribution in [3.63, 3.8) is 0 Å². The van der Waals surface area contributed by atoms with Crippen LogP contribution in [0, 0.1) is 13.8 Å². The minimum absolute atomic E-state index is 0.661. The lowest BCUT2D eigenvalue weighted by Gasteiger charge is -2.30. The van der Waals surface area contributed by atoms with E-state index in [-0.39, 0.29) is 0 Å². The lowest BCUT2D eigenvalue weighted by Crippen LogP contribution is -2.32. The van der Waals surface area contributed by atoms with E-state index in [1.54, 1.807) is 0 Å². The molecule has 3 aromatic rings. The first-order valence-corrected chi connectivity index (χ1v) is 9.39. The Balaban J connectivity index is 1.45. The van der Waals surface area contributed by atoms with Crippen LogP contribution in [0.3, 0.4) is 0 Å². The quantitative estimate of drug-likeness (QED) is 0.789. The maximum Gasteiger partial charge on any atom is 0.227 e. The van der Waals surface area contributed by atoms with Crippen molar-refractivity contribution in [3.8, 4) is 11.5 Å². The number of aryl methyl sites for hydroxylation is 2. The number of nitrogens with one attached hydrogen (secondary N) is 1. The van der Waals surface area contributed by atoms with Crippen LogP contribution in [0.2, 0.25) is 0 Å². The highest BCUT2D eigenvalue weighted by atomic mass is 15.4. The van der Waals surface area contributed by atoms with Gasteiger partial charge in [0, 0.05) is 31.7 Å². The number of aromatic nitrogens is 5. The van der Waals surface area contributed by atoms with Crippen LogP contribution in [-0.4, -0.2) is 31.5 Å². The van der Waals surface area contributed by atoms with Crippen LogP contribution in [0.4, 0.5) is 5.95 Å². The predicted octanol–water partition coefficient (Wildman–Crippen LogP) is 3.26. The van der Waals surface area contributed by atoms with E-state index < -0.39 is 0 Å². The first-order valence-electron chi connectivity index (χ1n) is 9.39. The number of H-pyrrole nitrogens is 1. The van der Waals surface area contributed by atoms with Crippen molar-refractivity contribution in [1.29, 1.82) is 0 Å². The molecule has 1 fully saturated rings. The maximum absolute atomic E-state index is 4.49. The van der Waals surface area contributed by atoms with E-state index in [0.717, 1.165) is 37.0 Å². The zero-order valence-corrected chi connectivity index (χ0v) is 15.6. The molecule has 0 amide bonds. The molecule has 2 aromatic heterocycles. The summed E-state index contributed by atoms with van der Waals surface area (Å²) in [4.78, 5) is 2.33. The normalized spacial score (nSPS) is 16.8. The summed E-state index contributed by atoms with van der Waals surface area (Å²) in [7, 11) is 2.03. The van der Waals surface area contributed by atoms with Gasteiger partial charge >= 0.3 is 0 Å². The third-order valence-electron chi connectivity index (χ3n) is 5.68. The Kier molecular flexibility index (Phi) is 3.42. The van der Waals surface area contributed by atoms with Gasteiger partial charge in [-0.1, -0.05) is 17.7 Å². The smallest absolute Gasteiger partial charge is 0.227 e. The second-order valence-corrected chi connectivity index (χ2v) is 7.76. The Morgan fingerprint density at radius 3 is 2.77 bits per heavy atom. The number of anilines is 1. The van der Waals surface area contributed by atoms with Gasteiger partial charge in [-0.25, -0.2) is 0 Å². The molecule has 0 unspecified atom stereocenters. The van der Waals surface area contributed by atoms with Gasteiger partial charge in [-0.2, -0.15) is 5.10 Å². The van der Waals surface area contributed by atoms with Crippen LogP contribution >= 0.6 is 0 Å². The molecule has 0 radical (unpaired) electrons. The molecule has 26 heavy (non-hydrogen) atoms. The fourth-order valence-electron chi connectivity index (χ4n) is 4.16. The second-order valence-electron chi connectivity index (χ2n) is 7.76. The van der Waals surface area contributed by atoms with Crippen molar-refractivity contribution >= 4 is 5.95 Å². The summed E-state index contributed by atoms with van der Waals surface area (Å²) in [5.74, 6) is 2.41. The van der Waals surface area contributed by atoms with Gasteiger partial charge in [-0.15, -0.1) is 10.2 Å². The van der Waals surface area contributed by atoms with E-state index in [4.69, 9.17) is 0 Å². The van der Waals surface area contributed by atoms with E-state index in [2.05, 4.69) is 61.9 Å². The largest absolute Gasteiger partial charge is 0.336 e. The summed E-state index contributed by atoms with van der Waals surface area (Å²) in [5.41, 5.74) is 7.75. The summed E-state index contributed by atoms with van der Waals surface area (Å²) in [6.07, 6.45) is 3.58. The van der Waals surface area contributed by atoms with Crippen molar-refractivity contribution in [2.75, 3.05) is 11.4 Å². The SMILES string of the molecule is Cc1cc(C)c2c(c1)CN(c1nnc(-c3cc(C4CC4)[nH]n3)n1C)CC2. The highest BCUT2D eigenvalue weighted by Gasteiger charge is 2.27. The summed E-state index contributed by atoms with van der Waals surface area (Å²) < 4.78 is 2.07. The van der Waals surface area contributed by atoms with E-state index >= 15 is 0 Å². The molecule has 1 aliphatic heterocycles. The molecule has 6 heteroatoms. The molecule has 0 bridgehead atoms. The lowest BCUT2D eigenvalue weighted by molar-refractivity contribution is 0.684. The van der Waals surface area contributed by atoms with E-state index in [9.17, 15) is 0 Å². The van der Waals surface area contributed by atoms with Crippen LogP contribution in [0.5, 0.6) is 0 Å². The van der Waals surface area contributed by atoms with Gasteiger partial charge in [0.25, 0.3) is 0 Å². The topological polar surface area (TPSA) is 62.6 Å². The first-order chi connectivity index (χ1) is 12.6. The molecule has 0 spiro atoms. The van der Waals surface area contributed by atoms with Crippen LogP contribution in [0.1, 0.15) is 46.7 Å². The molecular weight excluding hydrogens is 324 g/mol. The third-order valence-corrected chi connectivity index (χ3v) is 5.68. The third kappa shape index (κ3) is 2.52. The van der Waals surface area contributed by atoms with Gasteiger partial charge in [0.05, 0.1) is 0 Å². The molecule has 1 N–H and O–H groups in total. The van der Waals surface area contributed by atoms with Gasteiger partial charge in [0.15, 0.2) is 5.82 Å². The van der Waals surface area contributed by atoms with Crippen molar-refractivity contribution in [1.82, 2.24) is 25.0 Å². The minimum Gasteiger partial charge on any atom is -0.336 e. The molecule has 3 heterocycles.